The Balaban J connectivity index is 1.88. The zero-order valence-electron chi connectivity index (χ0n) is 9.14. The first-order chi connectivity index (χ1) is 7.83. The highest BCUT2D eigenvalue weighted by Gasteiger charge is 2.20. The zero-order valence-corrected chi connectivity index (χ0v) is 9.14. The van der Waals surface area contributed by atoms with Gasteiger partial charge in [-0.05, 0) is 6.92 Å². The van der Waals surface area contributed by atoms with E-state index in [0.717, 1.165) is 31.2 Å². The Bertz CT molecular complexity index is 490. The van der Waals surface area contributed by atoms with Gasteiger partial charge in [0, 0.05) is 25.4 Å². The molecule has 1 aliphatic rings. The van der Waals surface area contributed by atoms with Gasteiger partial charge >= 0.3 is 0 Å². The molecular formula is C11H13N5. The number of nitrogens with zero attached hydrogens (tertiary/aromatic N) is 4. The van der Waals surface area contributed by atoms with Crippen molar-refractivity contribution in [1.29, 1.82) is 0 Å². The van der Waals surface area contributed by atoms with E-state index in [2.05, 4.69) is 24.8 Å². The van der Waals surface area contributed by atoms with E-state index in [1.54, 1.807) is 18.6 Å². The average molecular weight is 215 g/mol. The fraction of sp³-hybridized carbons (Fsp3) is 0.364. The monoisotopic (exact) mass is 215 g/mol. The summed E-state index contributed by atoms with van der Waals surface area (Å²) in [6, 6.07) is 0. The fourth-order valence-corrected chi connectivity index (χ4v) is 2.09. The van der Waals surface area contributed by atoms with Crippen molar-refractivity contribution in [3.05, 3.63) is 35.8 Å². The Morgan fingerprint density at radius 1 is 1.38 bits per heavy atom. The predicted octanol–water partition coefficient (Wildman–Crippen LogP) is 1.07. The van der Waals surface area contributed by atoms with Crippen molar-refractivity contribution >= 4 is 5.82 Å². The first-order valence-corrected chi connectivity index (χ1v) is 5.38. The van der Waals surface area contributed by atoms with Crippen LogP contribution in [-0.4, -0.2) is 26.5 Å². The number of fused-ring (bicyclic) bond motifs is 1. The number of hydrogen-bond donors (Lipinski definition) is 1. The van der Waals surface area contributed by atoms with Crippen molar-refractivity contribution in [3.8, 4) is 0 Å². The molecule has 0 fully saturated rings. The maximum Gasteiger partial charge on any atom is 0.147 e. The molecule has 0 saturated carbocycles. The van der Waals surface area contributed by atoms with Crippen molar-refractivity contribution in [2.24, 2.45) is 0 Å². The van der Waals surface area contributed by atoms with Gasteiger partial charge in [-0.25, -0.2) is 9.97 Å². The lowest BCUT2D eigenvalue weighted by Crippen LogP contribution is -2.31. The van der Waals surface area contributed by atoms with Crippen molar-refractivity contribution in [2.45, 2.75) is 19.9 Å². The Kier molecular flexibility index (Phi) is 2.09. The zero-order chi connectivity index (χ0) is 11.0. The van der Waals surface area contributed by atoms with Gasteiger partial charge in [-0.1, -0.05) is 0 Å². The second-order valence-electron chi connectivity index (χ2n) is 3.98. The van der Waals surface area contributed by atoms with Crippen molar-refractivity contribution in [2.75, 3.05) is 11.4 Å². The largest absolute Gasteiger partial charge is 0.349 e. The van der Waals surface area contributed by atoms with Crippen LogP contribution < -0.4 is 4.90 Å². The minimum Gasteiger partial charge on any atom is -0.349 e. The van der Waals surface area contributed by atoms with Gasteiger partial charge in [0.15, 0.2) is 0 Å². The molecular weight excluding hydrogens is 202 g/mol. The summed E-state index contributed by atoms with van der Waals surface area (Å²) in [5.41, 5.74) is 2.40. The number of hydrogen-bond acceptors (Lipinski definition) is 4. The van der Waals surface area contributed by atoms with Gasteiger partial charge in [-0.3, -0.25) is 4.98 Å². The molecule has 0 unspecified atom stereocenters. The van der Waals surface area contributed by atoms with Crippen LogP contribution in [0.1, 0.15) is 17.2 Å². The molecule has 82 valence electrons. The lowest BCUT2D eigenvalue weighted by Gasteiger charge is -2.26. The van der Waals surface area contributed by atoms with Crippen LogP contribution in [0.3, 0.4) is 0 Å². The standard InChI is InChI=1S/C11H13N5/c1-8-14-9-2-5-16(7-10(9)15-8)11-6-12-3-4-13-11/h3-4,6H,2,5,7H2,1H3,(H,14,15). The molecule has 0 saturated heterocycles. The molecule has 0 aliphatic carbocycles. The first-order valence-electron chi connectivity index (χ1n) is 5.38. The molecule has 16 heavy (non-hydrogen) atoms. The maximum atomic E-state index is 4.46. The number of aromatic amines is 1. The van der Waals surface area contributed by atoms with Crippen LogP contribution in [0.5, 0.6) is 0 Å². The summed E-state index contributed by atoms with van der Waals surface area (Å²) in [5, 5.41) is 0. The van der Waals surface area contributed by atoms with Gasteiger partial charge in [-0.15, -0.1) is 0 Å². The van der Waals surface area contributed by atoms with Gasteiger partial charge in [0.2, 0.25) is 0 Å². The minimum absolute atomic E-state index is 0.842. The molecule has 1 aliphatic heterocycles. The van der Waals surface area contributed by atoms with Crippen LogP contribution in [0, 0.1) is 6.92 Å². The summed E-state index contributed by atoms with van der Waals surface area (Å²) in [5.74, 6) is 1.92. The Morgan fingerprint density at radius 3 is 3.12 bits per heavy atom. The van der Waals surface area contributed by atoms with Gasteiger partial charge in [0.25, 0.3) is 0 Å². The number of imidazole rings is 1. The van der Waals surface area contributed by atoms with Crippen LogP contribution >= 0.6 is 0 Å². The minimum atomic E-state index is 0.842. The number of anilines is 1. The van der Waals surface area contributed by atoms with Crippen molar-refractivity contribution < 1.29 is 0 Å². The first kappa shape index (κ1) is 9.33. The summed E-state index contributed by atoms with van der Waals surface area (Å²) in [6.45, 7) is 3.79. The maximum absolute atomic E-state index is 4.46. The molecule has 5 nitrogen and oxygen atoms in total. The van der Waals surface area contributed by atoms with E-state index in [-0.39, 0.29) is 0 Å². The normalized spacial score (nSPS) is 14.9. The van der Waals surface area contributed by atoms with Crippen LogP contribution in [0.25, 0.3) is 0 Å². The molecule has 0 atom stereocenters. The van der Waals surface area contributed by atoms with E-state index < -0.39 is 0 Å². The Morgan fingerprint density at radius 2 is 2.31 bits per heavy atom. The molecule has 0 bridgehead atoms. The lowest BCUT2D eigenvalue weighted by molar-refractivity contribution is 0.699. The molecule has 2 aromatic heterocycles. The summed E-state index contributed by atoms with van der Waals surface area (Å²) in [6.07, 6.45) is 6.19. The van der Waals surface area contributed by atoms with E-state index in [1.165, 1.54) is 11.4 Å². The van der Waals surface area contributed by atoms with Crippen molar-refractivity contribution in [1.82, 2.24) is 19.9 Å². The van der Waals surface area contributed by atoms with E-state index in [1.807, 2.05) is 6.92 Å². The summed E-state index contributed by atoms with van der Waals surface area (Å²) < 4.78 is 0. The highest BCUT2D eigenvalue weighted by atomic mass is 15.2. The fourth-order valence-electron chi connectivity index (χ4n) is 2.09. The Labute approximate surface area is 93.6 Å². The molecule has 0 amide bonds. The lowest BCUT2D eigenvalue weighted by atomic mass is 10.1. The molecule has 3 rings (SSSR count). The van der Waals surface area contributed by atoms with E-state index >= 15 is 0 Å². The number of aryl methyl sites for hydroxylation is 1. The summed E-state index contributed by atoms with van der Waals surface area (Å²) in [7, 11) is 0. The second kappa shape index (κ2) is 3.59. The third kappa shape index (κ3) is 1.54. The number of nitrogens with one attached hydrogen (secondary N) is 1. The molecule has 3 heterocycles. The van der Waals surface area contributed by atoms with Gasteiger partial charge in [0.1, 0.15) is 11.6 Å². The van der Waals surface area contributed by atoms with Crippen LogP contribution in [-0.2, 0) is 13.0 Å². The number of H-pyrrole nitrogens is 1. The molecule has 1 N–H and O–H groups in total. The number of aromatic nitrogens is 4. The van der Waals surface area contributed by atoms with Gasteiger partial charge in [-0.2, -0.15) is 0 Å². The quantitative estimate of drug-likeness (QED) is 0.773. The van der Waals surface area contributed by atoms with Gasteiger partial charge in [0.05, 0.1) is 24.1 Å². The average Bonchev–Trinajstić information content (AvgIpc) is 2.69. The van der Waals surface area contributed by atoms with E-state index in [0.29, 0.717) is 0 Å². The van der Waals surface area contributed by atoms with Crippen molar-refractivity contribution in [3.63, 3.8) is 0 Å². The number of rotatable bonds is 1. The van der Waals surface area contributed by atoms with Crippen LogP contribution in [0.2, 0.25) is 0 Å². The molecule has 5 heteroatoms. The van der Waals surface area contributed by atoms with Crippen LogP contribution in [0.4, 0.5) is 5.82 Å². The predicted molar refractivity (Wildman–Crippen MR) is 60.1 cm³/mol. The Hall–Kier alpha value is -1.91. The van der Waals surface area contributed by atoms with E-state index in [9.17, 15) is 0 Å². The topological polar surface area (TPSA) is 57.7 Å². The molecule has 0 aromatic carbocycles. The molecule has 2 aromatic rings. The van der Waals surface area contributed by atoms with Gasteiger partial charge < -0.3 is 9.88 Å². The SMILES string of the molecule is Cc1nc2c([nH]1)CN(c1cnccn1)CC2. The van der Waals surface area contributed by atoms with E-state index in [4.69, 9.17) is 0 Å². The third-order valence-corrected chi connectivity index (χ3v) is 2.82. The second-order valence-corrected chi connectivity index (χ2v) is 3.98. The molecule has 0 radical (unpaired) electrons. The molecule has 0 spiro atoms. The third-order valence-electron chi connectivity index (χ3n) is 2.82. The summed E-state index contributed by atoms with van der Waals surface area (Å²) in [4.78, 5) is 18.4. The van der Waals surface area contributed by atoms with Crippen LogP contribution in [0.15, 0.2) is 18.6 Å². The summed E-state index contributed by atoms with van der Waals surface area (Å²) >= 11 is 0. The smallest absolute Gasteiger partial charge is 0.147 e. The highest BCUT2D eigenvalue weighted by Crippen LogP contribution is 2.20. The highest BCUT2D eigenvalue weighted by molar-refractivity contribution is 5.39.